The van der Waals surface area contributed by atoms with Gasteiger partial charge in [0, 0.05) is 26.8 Å². The van der Waals surface area contributed by atoms with E-state index in [0.29, 0.717) is 19.3 Å². The van der Waals surface area contributed by atoms with E-state index in [1.165, 1.54) is 12.8 Å². The maximum Gasteiger partial charge on any atom is 0.186 e. The third-order valence-corrected chi connectivity index (χ3v) is 4.89. The SMILES string of the molecule is COCCN(c1nc(COC)c(CO)s1)C(C)C1CC1. The average Bonchev–Trinajstić information content (AvgIpc) is 3.22. The second-order valence-corrected chi connectivity index (χ2v) is 6.28. The second kappa shape index (κ2) is 7.36. The molecule has 2 rings (SSSR count). The third kappa shape index (κ3) is 3.69. The normalized spacial score (nSPS) is 16.4. The van der Waals surface area contributed by atoms with Gasteiger partial charge in [0.25, 0.3) is 0 Å². The van der Waals surface area contributed by atoms with Gasteiger partial charge in [0.15, 0.2) is 5.13 Å². The average molecular weight is 300 g/mol. The molecule has 1 fully saturated rings. The Hall–Kier alpha value is -0.690. The van der Waals surface area contributed by atoms with E-state index in [4.69, 9.17) is 9.47 Å². The van der Waals surface area contributed by atoms with Crippen LogP contribution in [-0.2, 0) is 22.7 Å². The lowest BCUT2D eigenvalue weighted by Crippen LogP contribution is -2.37. The largest absolute Gasteiger partial charge is 0.391 e. The molecule has 114 valence electrons. The summed E-state index contributed by atoms with van der Waals surface area (Å²) in [6, 6.07) is 0.471. The zero-order valence-corrected chi connectivity index (χ0v) is 13.3. The van der Waals surface area contributed by atoms with E-state index in [0.717, 1.165) is 28.2 Å². The molecule has 1 atom stereocenters. The van der Waals surface area contributed by atoms with Gasteiger partial charge in [-0.25, -0.2) is 4.98 Å². The number of aliphatic hydroxyl groups is 1. The van der Waals surface area contributed by atoms with Crippen molar-refractivity contribution in [3.8, 4) is 0 Å². The number of ether oxygens (including phenoxy) is 2. The molecule has 0 aliphatic heterocycles. The molecule has 0 spiro atoms. The third-order valence-electron chi connectivity index (χ3n) is 3.77. The molecule has 20 heavy (non-hydrogen) atoms. The van der Waals surface area contributed by atoms with Crippen molar-refractivity contribution >= 4 is 16.5 Å². The Bertz CT molecular complexity index is 421. The standard InChI is InChI=1S/C14H24N2O3S/c1-10(11-4-5-11)16(6-7-18-2)14-15-12(9-19-3)13(8-17)20-14/h10-11,17H,4-9H2,1-3H3. The Balaban J connectivity index is 2.17. The fourth-order valence-corrected chi connectivity index (χ4v) is 3.40. The summed E-state index contributed by atoms with van der Waals surface area (Å²) in [5, 5.41) is 10.4. The van der Waals surface area contributed by atoms with E-state index < -0.39 is 0 Å². The molecule has 0 saturated heterocycles. The quantitative estimate of drug-likeness (QED) is 0.756. The first-order valence-corrected chi connectivity index (χ1v) is 7.86. The van der Waals surface area contributed by atoms with Gasteiger partial charge < -0.3 is 19.5 Å². The number of hydrogen-bond acceptors (Lipinski definition) is 6. The fourth-order valence-electron chi connectivity index (χ4n) is 2.36. The predicted octanol–water partition coefficient (Wildman–Crippen LogP) is 2.03. The molecule has 5 nitrogen and oxygen atoms in total. The van der Waals surface area contributed by atoms with Crippen LogP contribution in [-0.4, -0.2) is 43.5 Å². The van der Waals surface area contributed by atoms with E-state index in [1.54, 1.807) is 25.6 Å². The molecule has 6 heteroatoms. The van der Waals surface area contributed by atoms with Gasteiger partial charge in [0.05, 0.1) is 30.4 Å². The van der Waals surface area contributed by atoms with Crippen LogP contribution in [0.2, 0.25) is 0 Å². The van der Waals surface area contributed by atoms with Gasteiger partial charge in [-0.3, -0.25) is 0 Å². The summed E-state index contributed by atoms with van der Waals surface area (Å²) in [7, 11) is 3.37. The van der Waals surface area contributed by atoms with E-state index >= 15 is 0 Å². The van der Waals surface area contributed by atoms with Crippen LogP contribution in [0.25, 0.3) is 0 Å². The Kier molecular flexibility index (Phi) is 5.77. The van der Waals surface area contributed by atoms with Gasteiger partial charge in [-0.05, 0) is 25.7 Å². The maximum atomic E-state index is 9.45. The highest BCUT2D eigenvalue weighted by Gasteiger charge is 2.33. The minimum Gasteiger partial charge on any atom is -0.391 e. The molecule has 1 aromatic heterocycles. The zero-order valence-electron chi connectivity index (χ0n) is 12.5. The minimum atomic E-state index is 0.0201. The summed E-state index contributed by atoms with van der Waals surface area (Å²) in [4.78, 5) is 7.86. The number of aromatic nitrogens is 1. The van der Waals surface area contributed by atoms with Crippen LogP contribution in [0.15, 0.2) is 0 Å². The van der Waals surface area contributed by atoms with Crippen LogP contribution >= 0.6 is 11.3 Å². The molecule has 0 aromatic carbocycles. The zero-order chi connectivity index (χ0) is 14.5. The first kappa shape index (κ1) is 15.7. The molecule has 1 N–H and O–H groups in total. The van der Waals surface area contributed by atoms with E-state index in [1.807, 2.05) is 0 Å². The molecular formula is C14H24N2O3S. The van der Waals surface area contributed by atoms with Gasteiger partial charge in [0.2, 0.25) is 0 Å². The number of anilines is 1. The van der Waals surface area contributed by atoms with Gasteiger partial charge in [-0.1, -0.05) is 11.3 Å². The van der Waals surface area contributed by atoms with Crippen LogP contribution in [0, 0.1) is 5.92 Å². The molecular weight excluding hydrogens is 276 g/mol. The van der Waals surface area contributed by atoms with Crippen LogP contribution in [0.3, 0.4) is 0 Å². The molecule has 1 heterocycles. The van der Waals surface area contributed by atoms with E-state index in [2.05, 4.69) is 16.8 Å². The summed E-state index contributed by atoms with van der Waals surface area (Å²) in [6.07, 6.45) is 2.60. The molecule has 0 amide bonds. The van der Waals surface area contributed by atoms with Gasteiger partial charge in [-0.15, -0.1) is 0 Å². The minimum absolute atomic E-state index is 0.0201. The summed E-state index contributed by atoms with van der Waals surface area (Å²) in [6.45, 7) is 4.24. The number of rotatable bonds is 9. The Morgan fingerprint density at radius 2 is 2.15 bits per heavy atom. The highest BCUT2D eigenvalue weighted by atomic mass is 32.1. The highest BCUT2D eigenvalue weighted by molar-refractivity contribution is 7.15. The van der Waals surface area contributed by atoms with E-state index in [-0.39, 0.29) is 6.61 Å². The first-order chi connectivity index (χ1) is 9.71. The molecule has 0 bridgehead atoms. The van der Waals surface area contributed by atoms with Crippen molar-refractivity contribution in [2.75, 3.05) is 32.3 Å². The number of aliphatic hydroxyl groups excluding tert-OH is 1. The van der Waals surface area contributed by atoms with Crippen molar-refractivity contribution in [1.82, 2.24) is 4.98 Å². The van der Waals surface area contributed by atoms with Crippen LogP contribution < -0.4 is 4.90 Å². The summed E-state index contributed by atoms with van der Waals surface area (Å²) < 4.78 is 10.4. The summed E-state index contributed by atoms with van der Waals surface area (Å²) in [5.74, 6) is 0.763. The number of methoxy groups -OCH3 is 2. The van der Waals surface area contributed by atoms with Crippen LogP contribution in [0.1, 0.15) is 30.3 Å². The maximum absolute atomic E-state index is 9.45. The Labute approximate surface area is 124 Å². The second-order valence-electron chi connectivity index (χ2n) is 5.22. The highest BCUT2D eigenvalue weighted by Crippen LogP contribution is 2.38. The lowest BCUT2D eigenvalue weighted by atomic mass is 10.2. The first-order valence-electron chi connectivity index (χ1n) is 7.05. The number of hydrogen-bond donors (Lipinski definition) is 1. The number of nitrogens with zero attached hydrogens (tertiary/aromatic N) is 2. The van der Waals surface area contributed by atoms with Crippen molar-refractivity contribution in [3.05, 3.63) is 10.6 Å². The van der Waals surface area contributed by atoms with Crippen LogP contribution in [0.5, 0.6) is 0 Å². The van der Waals surface area contributed by atoms with Crippen molar-refractivity contribution in [2.24, 2.45) is 5.92 Å². The molecule has 1 aromatic rings. The molecule has 0 radical (unpaired) electrons. The molecule has 1 unspecified atom stereocenters. The number of thiazole rings is 1. The van der Waals surface area contributed by atoms with Gasteiger partial charge in [0.1, 0.15) is 0 Å². The van der Waals surface area contributed by atoms with Gasteiger partial charge >= 0.3 is 0 Å². The van der Waals surface area contributed by atoms with Crippen LogP contribution in [0.4, 0.5) is 5.13 Å². The smallest absolute Gasteiger partial charge is 0.186 e. The van der Waals surface area contributed by atoms with Gasteiger partial charge in [-0.2, -0.15) is 0 Å². The lowest BCUT2D eigenvalue weighted by Gasteiger charge is -2.28. The van der Waals surface area contributed by atoms with Crippen molar-refractivity contribution < 1.29 is 14.6 Å². The molecule has 1 aliphatic carbocycles. The fraction of sp³-hybridized carbons (Fsp3) is 0.786. The Morgan fingerprint density at radius 1 is 1.40 bits per heavy atom. The molecule has 1 saturated carbocycles. The lowest BCUT2D eigenvalue weighted by molar-refractivity contribution is 0.178. The van der Waals surface area contributed by atoms with Crippen molar-refractivity contribution in [2.45, 2.75) is 39.0 Å². The monoisotopic (exact) mass is 300 g/mol. The Morgan fingerprint density at radius 3 is 2.70 bits per heavy atom. The molecule has 1 aliphatic rings. The van der Waals surface area contributed by atoms with Crippen molar-refractivity contribution in [1.29, 1.82) is 0 Å². The van der Waals surface area contributed by atoms with Crippen molar-refractivity contribution in [3.63, 3.8) is 0 Å². The van der Waals surface area contributed by atoms with E-state index in [9.17, 15) is 5.11 Å². The predicted molar refractivity (Wildman–Crippen MR) is 80.2 cm³/mol. The summed E-state index contributed by atoms with van der Waals surface area (Å²) in [5.41, 5.74) is 0.848. The summed E-state index contributed by atoms with van der Waals surface area (Å²) >= 11 is 1.56. The topological polar surface area (TPSA) is 54.8 Å².